The molecule has 102 valence electrons. The molecule has 0 amide bonds. The molecule has 1 aromatic rings. The van der Waals surface area contributed by atoms with E-state index in [1.165, 1.54) is 0 Å². The van der Waals surface area contributed by atoms with Crippen molar-refractivity contribution in [2.45, 2.75) is 39.2 Å². The van der Waals surface area contributed by atoms with E-state index in [0.717, 1.165) is 0 Å². The third kappa shape index (κ3) is 3.31. The molecule has 0 saturated heterocycles. The first-order chi connectivity index (χ1) is 8.33. The number of aromatic nitrogens is 2. The summed E-state index contributed by atoms with van der Waals surface area (Å²) >= 11 is 6.06. The van der Waals surface area contributed by atoms with Crippen LogP contribution >= 0.6 is 11.6 Å². The average Bonchev–Trinajstić information content (AvgIpc) is 2.34. The largest absolute Gasteiger partial charge is 0.394 e. The standard InChI is InChI=1S/C12H20ClN3O2/c1-7(2)10-14-9(13)8(3)11(15-10)16-12(4,5-17)6-18/h7,17-18H,5-6H2,1-4H3,(H,14,15,16). The van der Waals surface area contributed by atoms with Crippen LogP contribution in [-0.2, 0) is 0 Å². The highest BCUT2D eigenvalue weighted by molar-refractivity contribution is 6.30. The summed E-state index contributed by atoms with van der Waals surface area (Å²) in [6.45, 7) is 7.04. The van der Waals surface area contributed by atoms with Gasteiger partial charge in [0.05, 0.1) is 18.8 Å². The molecule has 0 fully saturated rings. The Morgan fingerprint density at radius 2 is 1.83 bits per heavy atom. The SMILES string of the molecule is Cc1c(Cl)nc(C(C)C)nc1NC(C)(CO)CO. The van der Waals surface area contributed by atoms with Crippen molar-refractivity contribution in [1.82, 2.24) is 9.97 Å². The van der Waals surface area contributed by atoms with Crippen LogP contribution in [-0.4, -0.2) is 38.9 Å². The fraction of sp³-hybridized carbons (Fsp3) is 0.667. The van der Waals surface area contributed by atoms with Crippen molar-refractivity contribution >= 4 is 17.4 Å². The first-order valence-corrected chi connectivity index (χ1v) is 6.24. The predicted molar refractivity (Wildman–Crippen MR) is 72.1 cm³/mol. The number of hydrogen-bond acceptors (Lipinski definition) is 5. The third-order valence-electron chi connectivity index (χ3n) is 2.74. The molecule has 1 rings (SSSR count). The normalized spacial score (nSPS) is 12.0. The van der Waals surface area contributed by atoms with Crippen molar-refractivity contribution in [3.05, 3.63) is 16.5 Å². The minimum absolute atomic E-state index is 0.151. The fourth-order valence-corrected chi connectivity index (χ4v) is 1.48. The van der Waals surface area contributed by atoms with Gasteiger partial charge in [0.25, 0.3) is 0 Å². The summed E-state index contributed by atoms with van der Waals surface area (Å²) in [5.74, 6) is 1.33. The summed E-state index contributed by atoms with van der Waals surface area (Å²) in [5, 5.41) is 22.0. The Hall–Kier alpha value is -0.910. The Morgan fingerprint density at radius 3 is 2.28 bits per heavy atom. The van der Waals surface area contributed by atoms with Gasteiger partial charge in [-0.15, -0.1) is 0 Å². The molecule has 0 saturated carbocycles. The Morgan fingerprint density at radius 1 is 1.28 bits per heavy atom. The molecular formula is C12H20ClN3O2. The van der Waals surface area contributed by atoms with Crippen LogP contribution in [0.5, 0.6) is 0 Å². The molecule has 1 aromatic heterocycles. The van der Waals surface area contributed by atoms with Crippen LogP contribution in [0.3, 0.4) is 0 Å². The van der Waals surface area contributed by atoms with Gasteiger partial charge in [-0.3, -0.25) is 0 Å². The lowest BCUT2D eigenvalue weighted by Gasteiger charge is -2.28. The summed E-state index contributed by atoms with van der Waals surface area (Å²) in [4.78, 5) is 8.59. The zero-order chi connectivity index (χ0) is 13.9. The van der Waals surface area contributed by atoms with Gasteiger partial charge < -0.3 is 15.5 Å². The monoisotopic (exact) mass is 273 g/mol. The van der Waals surface area contributed by atoms with Crippen LogP contribution in [0.15, 0.2) is 0 Å². The summed E-state index contributed by atoms with van der Waals surface area (Å²) in [6, 6.07) is 0. The zero-order valence-corrected chi connectivity index (χ0v) is 11.9. The van der Waals surface area contributed by atoms with Crippen LogP contribution in [0.4, 0.5) is 5.82 Å². The van der Waals surface area contributed by atoms with E-state index in [1.54, 1.807) is 13.8 Å². The number of aliphatic hydroxyl groups excluding tert-OH is 2. The van der Waals surface area contributed by atoms with Crippen molar-refractivity contribution in [3.63, 3.8) is 0 Å². The van der Waals surface area contributed by atoms with Crippen molar-refractivity contribution in [2.75, 3.05) is 18.5 Å². The highest BCUT2D eigenvalue weighted by Gasteiger charge is 2.24. The predicted octanol–water partition coefficient (Wildman–Crippen LogP) is 1.72. The molecule has 3 N–H and O–H groups in total. The van der Waals surface area contributed by atoms with Crippen molar-refractivity contribution < 1.29 is 10.2 Å². The molecule has 1 heterocycles. The van der Waals surface area contributed by atoms with Gasteiger partial charge in [0.2, 0.25) is 0 Å². The number of nitrogens with zero attached hydrogens (tertiary/aromatic N) is 2. The van der Waals surface area contributed by atoms with Crippen LogP contribution in [0, 0.1) is 6.92 Å². The number of aliphatic hydroxyl groups is 2. The lowest BCUT2D eigenvalue weighted by molar-refractivity contribution is 0.147. The maximum absolute atomic E-state index is 9.29. The minimum atomic E-state index is -0.837. The lowest BCUT2D eigenvalue weighted by atomic mass is 10.1. The van der Waals surface area contributed by atoms with E-state index in [4.69, 9.17) is 11.6 Å². The van der Waals surface area contributed by atoms with E-state index in [9.17, 15) is 10.2 Å². The van der Waals surface area contributed by atoms with Crippen molar-refractivity contribution in [2.24, 2.45) is 0 Å². The summed E-state index contributed by atoms with van der Waals surface area (Å²) < 4.78 is 0. The molecule has 0 unspecified atom stereocenters. The molecule has 0 atom stereocenters. The topological polar surface area (TPSA) is 78.3 Å². The number of hydrogen-bond donors (Lipinski definition) is 3. The Balaban J connectivity index is 3.15. The molecule has 0 aliphatic heterocycles. The van der Waals surface area contributed by atoms with Gasteiger partial charge in [-0.05, 0) is 13.8 Å². The third-order valence-corrected chi connectivity index (χ3v) is 3.11. The molecular weight excluding hydrogens is 254 g/mol. The molecule has 0 aliphatic rings. The van der Waals surface area contributed by atoms with Crippen LogP contribution in [0.2, 0.25) is 5.15 Å². The van der Waals surface area contributed by atoms with Gasteiger partial charge in [-0.2, -0.15) is 0 Å². The molecule has 0 spiro atoms. The fourth-order valence-electron chi connectivity index (χ4n) is 1.30. The Kier molecular flexibility index (Phi) is 4.90. The van der Waals surface area contributed by atoms with E-state index in [0.29, 0.717) is 22.4 Å². The summed E-state index contributed by atoms with van der Waals surface area (Å²) in [6.07, 6.45) is 0. The van der Waals surface area contributed by atoms with Crippen molar-refractivity contribution in [3.8, 4) is 0 Å². The van der Waals surface area contributed by atoms with Gasteiger partial charge >= 0.3 is 0 Å². The Labute approximate surface area is 112 Å². The molecule has 5 nitrogen and oxygen atoms in total. The first-order valence-electron chi connectivity index (χ1n) is 5.87. The number of rotatable bonds is 5. The first kappa shape index (κ1) is 15.1. The second-order valence-electron chi connectivity index (χ2n) is 5.00. The second-order valence-corrected chi connectivity index (χ2v) is 5.36. The van der Waals surface area contributed by atoms with Gasteiger partial charge in [-0.25, -0.2) is 9.97 Å². The van der Waals surface area contributed by atoms with Crippen LogP contribution in [0.1, 0.15) is 38.1 Å². The van der Waals surface area contributed by atoms with Gasteiger partial charge in [0.15, 0.2) is 0 Å². The average molecular weight is 274 g/mol. The van der Waals surface area contributed by atoms with Gasteiger partial charge in [0.1, 0.15) is 16.8 Å². The highest BCUT2D eigenvalue weighted by Crippen LogP contribution is 2.25. The van der Waals surface area contributed by atoms with Gasteiger partial charge in [0, 0.05) is 11.5 Å². The number of nitrogens with one attached hydrogen (secondary N) is 1. The molecule has 0 aliphatic carbocycles. The van der Waals surface area contributed by atoms with Gasteiger partial charge in [-0.1, -0.05) is 25.4 Å². The summed E-state index contributed by atoms with van der Waals surface area (Å²) in [7, 11) is 0. The second kappa shape index (κ2) is 5.82. The maximum Gasteiger partial charge on any atom is 0.137 e. The van der Waals surface area contributed by atoms with E-state index >= 15 is 0 Å². The number of halogens is 1. The summed E-state index contributed by atoms with van der Waals surface area (Å²) in [5.41, 5.74) is -0.134. The maximum atomic E-state index is 9.29. The Bertz CT molecular complexity index is 420. The quantitative estimate of drug-likeness (QED) is 0.712. The molecule has 18 heavy (non-hydrogen) atoms. The van der Waals surface area contributed by atoms with Crippen molar-refractivity contribution in [1.29, 1.82) is 0 Å². The molecule has 6 heteroatoms. The molecule has 0 bridgehead atoms. The minimum Gasteiger partial charge on any atom is -0.394 e. The van der Waals surface area contributed by atoms with E-state index < -0.39 is 5.54 Å². The number of anilines is 1. The molecule has 0 radical (unpaired) electrons. The smallest absolute Gasteiger partial charge is 0.137 e. The van der Waals surface area contributed by atoms with E-state index in [2.05, 4.69) is 15.3 Å². The highest BCUT2D eigenvalue weighted by atomic mass is 35.5. The van der Waals surface area contributed by atoms with E-state index in [1.807, 2.05) is 13.8 Å². The van der Waals surface area contributed by atoms with Crippen LogP contribution < -0.4 is 5.32 Å². The molecule has 0 aromatic carbocycles. The lowest BCUT2D eigenvalue weighted by Crippen LogP contribution is -2.43. The van der Waals surface area contributed by atoms with E-state index in [-0.39, 0.29) is 19.1 Å². The van der Waals surface area contributed by atoms with Crippen LogP contribution in [0.25, 0.3) is 0 Å². The zero-order valence-electron chi connectivity index (χ0n) is 11.2.